The molecule has 1 N–H and O–H groups in total. The average molecular weight is 399 g/mol. The van der Waals surface area contributed by atoms with E-state index in [-0.39, 0.29) is 29.7 Å². The van der Waals surface area contributed by atoms with Crippen LogP contribution in [0, 0.1) is 6.92 Å². The van der Waals surface area contributed by atoms with Crippen LogP contribution in [0.4, 0.5) is 0 Å². The summed E-state index contributed by atoms with van der Waals surface area (Å²) in [6.45, 7) is 5.52. The van der Waals surface area contributed by atoms with E-state index in [0.717, 1.165) is 4.88 Å². The molecular formula is C20H21N3O4S. The lowest BCUT2D eigenvalue weighted by molar-refractivity contribution is -0.124. The monoisotopic (exact) mass is 399 g/mol. The van der Waals surface area contributed by atoms with Crippen molar-refractivity contribution in [2.45, 2.75) is 33.4 Å². The first-order valence-corrected chi connectivity index (χ1v) is 9.79. The first-order chi connectivity index (χ1) is 13.4. The molecule has 8 heteroatoms. The number of nitrogens with zero attached hydrogens (tertiary/aromatic N) is 2. The number of aromatic nitrogens is 2. The Bertz CT molecular complexity index is 1070. The van der Waals surface area contributed by atoms with Gasteiger partial charge in [-0.3, -0.25) is 9.59 Å². The van der Waals surface area contributed by atoms with Gasteiger partial charge in [0.15, 0.2) is 6.61 Å². The van der Waals surface area contributed by atoms with E-state index in [0.29, 0.717) is 23.3 Å². The van der Waals surface area contributed by atoms with Gasteiger partial charge in [0.1, 0.15) is 5.69 Å². The summed E-state index contributed by atoms with van der Waals surface area (Å²) in [7, 11) is 0. The van der Waals surface area contributed by atoms with Crippen LogP contribution in [0.15, 0.2) is 40.5 Å². The van der Waals surface area contributed by atoms with Gasteiger partial charge in [0.05, 0.1) is 22.6 Å². The van der Waals surface area contributed by atoms with Gasteiger partial charge in [-0.05, 0) is 50.4 Å². The Hall–Kier alpha value is -3.00. The molecule has 146 valence electrons. The second-order valence-electron chi connectivity index (χ2n) is 6.33. The van der Waals surface area contributed by atoms with Crippen LogP contribution in [0.5, 0.6) is 0 Å². The van der Waals surface area contributed by atoms with Crippen LogP contribution in [0.1, 0.15) is 40.8 Å². The highest BCUT2D eigenvalue weighted by Crippen LogP contribution is 2.18. The predicted octanol–water partition coefficient (Wildman–Crippen LogP) is 2.82. The molecule has 1 atom stereocenters. The number of hydrogen-bond acceptors (Lipinski definition) is 6. The van der Waals surface area contributed by atoms with Crippen molar-refractivity contribution in [3.63, 3.8) is 0 Å². The third-order valence-corrected chi connectivity index (χ3v) is 5.40. The van der Waals surface area contributed by atoms with E-state index in [1.165, 1.54) is 0 Å². The molecule has 7 nitrogen and oxygen atoms in total. The number of rotatable bonds is 6. The van der Waals surface area contributed by atoms with Crippen molar-refractivity contribution in [1.29, 1.82) is 0 Å². The molecule has 0 spiro atoms. The molecule has 1 amide bonds. The quantitative estimate of drug-likeness (QED) is 0.644. The fourth-order valence-electron chi connectivity index (χ4n) is 2.92. The number of amides is 1. The van der Waals surface area contributed by atoms with Crippen LogP contribution in [-0.4, -0.2) is 28.0 Å². The van der Waals surface area contributed by atoms with Gasteiger partial charge in [0.2, 0.25) is 0 Å². The Kier molecular flexibility index (Phi) is 5.89. The van der Waals surface area contributed by atoms with Crippen LogP contribution in [0.25, 0.3) is 11.0 Å². The zero-order chi connectivity index (χ0) is 20.3. The molecule has 0 aliphatic heterocycles. The first-order valence-electron chi connectivity index (χ1n) is 8.91. The summed E-state index contributed by atoms with van der Waals surface area (Å²) in [5.74, 6) is -0.988. The smallest absolute Gasteiger partial charge is 0.338 e. The Morgan fingerprint density at radius 1 is 1.32 bits per heavy atom. The summed E-state index contributed by atoms with van der Waals surface area (Å²) in [5, 5.41) is 4.73. The molecule has 0 radical (unpaired) electrons. The van der Waals surface area contributed by atoms with Crippen molar-refractivity contribution in [2.75, 3.05) is 6.61 Å². The highest BCUT2D eigenvalue weighted by atomic mass is 32.1. The second kappa shape index (κ2) is 8.35. The molecule has 28 heavy (non-hydrogen) atoms. The summed E-state index contributed by atoms with van der Waals surface area (Å²) >= 11 is 1.55. The Labute approximate surface area is 166 Å². The fourth-order valence-corrected chi connectivity index (χ4v) is 3.66. The van der Waals surface area contributed by atoms with Crippen molar-refractivity contribution in [3.05, 3.63) is 62.2 Å². The van der Waals surface area contributed by atoms with E-state index in [1.54, 1.807) is 41.0 Å². The molecule has 0 unspecified atom stereocenters. The fraction of sp³-hybridized carbons (Fsp3) is 0.300. The van der Waals surface area contributed by atoms with Crippen molar-refractivity contribution in [1.82, 2.24) is 14.9 Å². The molecule has 3 aromatic rings. The maximum absolute atomic E-state index is 12.3. The molecule has 0 saturated carbocycles. The van der Waals surface area contributed by atoms with Gasteiger partial charge in [-0.15, -0.1) is 11.3 Å². The topological polar surface area (TPSA) is 90.3 Å². The lowest BCUT2D eigenvalue weighted by Gasteiger charge is -2.13. The van der Waals surface area contributed by atoms with Crippen molar-refractivity contribution < 1.29 is 14.3 Å². The lowest BCUT2D eigenvalue weighted by atomic mass is 10.2. The number of aryl methyl sites for hydroxylation is 2. The Balaban J connectivity index is 1.69. The van der Waals surface area contributed by atoms with Crippen molar-refractivity contribution in [2.24, 2.45) is 0 Å². The van der Waals surface area contributed by atoms with Crippen LogP contribution < -0.4 is 10.9 Å². The van der Waals surface area contributed by atoms with E-state index >= 15 is 0 Å². The summed E-state index contributed by atoms with van der Waals surface area (Å²) in [5.41, 5.74) is 1.67. The standard InChI is InChI=1S/C20H21N3O4S/c1-4-23-16-8-7-14(10-15(16)21-13(3)19(23)25)20(26)27-11-18(24)22-12(2)17-6-5-9-28-17/h5-10,12H,4,11H2,1-3H3,(H,22,24)/t12-/m0/s1. The minimum Gasteiger partial charge on any atom is -0.452 e. The van der Waals surface area contributed by atoms with E-state index in [1.807, 2.05) is 31.4 Å². The molecule has 1 aromatic carbocycles. The molecular weight excluding hydrogens is 378 g/mol. The third kappa shape index (κ3) is 4.12. The summed E-state index contributed by atoms with van der Waals surface area (Å²) in [6.07, 6.45) is 0. The molecule has 0 aliphatic rings. The second-order valence-corrected chi connectivity index (χ2v) is 7.31. The molecule has 2 aromatic heterocycles. The van der Waals surface area contributed by atoms with E-state index in [2.05, 4.69) is 10.3 Å². The van der Waals surface area contributed by atoms with Crippen LogP contribution >= 0.6 is 11.3 Å². The van der Waals surface area contributed by atoms with Crippen LogP contribution in [0.2, 0.25) is 0 Å². The van der Waals surface area contributed by atoms with Gasteiger partial charge in [-0.2, -0.15) is 0 Å². The van der Waals surface area contributed by atoms with E-state index in [9.17, 15) is 14.4 Å². The molecule has 3 rings (SSSR count). The molecule has 0 aliphatic carbocycles. The molecule has 0 fully saturated rings. The molecule has 2 heterocycles. The van der Waals surface area contributed by atoms with Gasteiger partial charge in [0.25, 0.3) is 11.5 Å². The maximum Gasteiger partial charge on any atom is 0.338 e. The van der Waals surface area contributed by atoms with Gasteiger partial charge in [-0.1, -0.05) is 6.07 Å². The average Bonchev–Trinajstić information content (AvgIpc) is 3.22. The number of carbonyl (C=O) groups excluding carboxylic acids is 2. The Morgan fingerprint density at radius 2 is 2.11 bits per heavy atom. The van der Waals surface area contributed by atoms with Gasteiger partial charge in [0, 0.05) is 11.4 Å². The minimum atomic E-state index is -0.616. The van der Waals surface area contributed by atoms with Crippen LogP contribution in [0.3, 0.4) is 0 Å². The lowest BCUT2D eigenvalue weighted by Crippen LogP contribution is -2.30. The number of thiophene rings is 1. The zero-order valence-electron chi connectivity index (χ0n) is 15.9. The summed E-state index contributed by atoms with van der Waals surface area (Å²) in [4.78, 5) is 41.8. The predicted molar refractivity (Wildman–Crippen MR) is 108 cm³/mol. The summed E-state index contributed by atoms with van der Waals surface area (Å²) in [6, 6.07) is 8.51. The molecule has 0 bridgehead atoms. The number of ether oxygens (including phenoxy) is 1. The largest absolute Gasteiger partial charge is 0.452 e. The minimum absolute atomic E-state index is 0.148. The summed E-state index contributed by atoms with van der Waals surface area (Å²) < 4.78 is 6.73. The van der Waals surface area contributed by atoms with Crippen molar-refractivity contribution in [3.8, 4) is 0 Å². The number of fused-ring (bicyclic) bond motifs is 1. The number of benzene rings is 1. The van der Waals surface area contributed by atoms with Gasteiger partial charge < -0.3 is 14.6 Å². The Morgan fingerprint density at radius 3 is 2.79 bits per heavy atom. The normalized spacial score (nSPS) is 12.0. The van der Waals surface area contributed by atoms with Crippen molar-refractivity contribution >= 4 is 34.2 Å². The van der Waals surface area contributed by atoms with E-state index < -0.39 is 5.97 Å². The first kappa shape index (κ1) is 19.8. The highest BCUT2D eigenvalue weighted by molar-refractivity contribution is 7.10. The number of hydrogen-bond donors (Lipinski definition) is 1. The van der Waals surface area contributed by atoms with Gasteiger partial charge in [-0.25, -0.2) is 9.78 Å². The number of esters is 1. The van der Waals surface area contributed by atoms with Gasteiger partial charge >= 0.3 is 5.97 Å². The SMILES string of the molecule is CCn1c(=O)c(C)nc2cc(C(=O)OCC(=O)N[C@@H](C)c3cccs3)ccc21. The van der Waals surface area contributed by atoms with E-state index in [4.69, 9.17) is 4.74 Å². The van der Waals surface area contributed by atoms with Crippen LogP contribution in [-0.2, 0) is 16.1 Å². The maximum atomic E-state index is 12.3. The number of carbonyl (C=O) groups is 2. The molecule has 0 saturated heterocycles. The highest BCUT2D eigenvalue weighted by Gasteiger charge is 2.15. The zero-order valence-corrected chi connectivity index (χ0v) is 16.7. The third-order valence-electron chi connectivity index (χ3n) is 4.34. The number of nitrogens with one attached hydrogen (secondary N) is 1.